The molecule has 0 aliphatic carbocycles. The number of likely N-dealkylation sites (N-methyl/N-ethyl adjacent to an activating group) is 1. The Morgan fingerprint density at radius 2 is 1.61 bits per heavy atom. The van der Waals surface area contributed by atoms with Gasteiger partial charge < -0.3 is 28.8 Å². The summed E-state index contributed by atoms with van der Waals surface area (Å²) in [5, 5.41) is 9.56. The summed E-state index contributed by atoms with van der Waals surface area (Å²) in [4.78, 5) is 27.6. The van der Waals surface area contributed by atoms with Gasteiger partial charge in [0.25, 0.3) is 0 Å². The van der Waals surface area contributed by atoms with E-state index in [2.05, 4.69) is 33.1 Å². The summed E-state index contributed by atoms with van der Waals surface area (Å²) in [5.41, 5.74) is 1.89. The Bertz CT molecular complexity index is 1330. The van der Waals surface area contributed by atoms with Crippen molar-refractivity contribution < 1.29 is 41.9 Å². The molecule has 0 spiro atoms. The van der Waals surface area contributed by atoms with Crippen LogP contribution in [-0.4, -0.2) is 125 Å². The van der Waals surface area contributed by atoms with Gasteiger partial charge in [0.05, 0.1) is 37.9 Å². The summed E-state index contributed by atoms with van der Waals surface area (Å²) in [6.07, 6.45) is 2.50. The number of ether oxygens (including phenoxy) is 3. The lowest BCUT2D eigenvalue weighted by molar-refractivity contribution is -0.156. The third-order valence-corrected chi connectivity index (χ3v) is 7.49. The number of fused-ring (bicyclic) bond motifs is 5. The van der Waals surface area contributed by atoms with Gasteiger partial charge >= 0.3 is 12.1 Å². The number of amides is 1. The van der Waals surface area contributed by atoms with Gasteiger partial charge in [-0.25, -0.2) is 13.2 Å². The largest absolute Gasteiger partial charge is 0.748 e. The zero-order valence-corrected chi connectivity index (χ0v) is 27.8. The van der Waals surface area contributed by atoms with E-state index in [1.807, 2.05) is 48.5 Å². The quantitative estimate of drug-likeness (QED) is 0.212. The molecule has 3 saturated heterocycles. The molecular weight excluding hydrogens is 614 g/mol. The van der Waals surface area contributed by atoms with Gasteiger partial charge in [0.15, 0.2) is 0 Å². The van der Waals surface area contributed by atoms with Gasteiger partial charge in [-0.2, -0.15) is 0 Å². The number of rotatable bonds is 6. The monoisotopic (exact) mass is 657 g/mol. The summed E-state index contributed by atoms with van der Waals surface area (Å²) < 4.78 is 44.5. The van der Waals surface area contributed by atoms with E-state index in [9.17, 15) is 14.7 Å². The minimum atomic E-state index is -3.92. The average Bonchev–Trinajstić information content (AvgIpc) is 3.67. The second kappa shape index (κ2) is 15.5. The molecule has 3 heterocycles. The Hall–Kier alpha value is -2.78. The molecule has 14 heteroatoms. The second-order valence-corrected chi connectivity index (χ2v) is 13.4. The van der Waals surface area contributed by atoms with E-state index in [-0.39, 0.29) is 37.2 Å². The molecule has 1 N–H and O–H groups in total. The Morgan fingerprint density at radius 1 is 1.07 bits per heavy atom. The third-order valence-electron chi connectivity index (χ3n) is 7.49. The van der Waals surface area contributed by atoms with Crippen molar-refractivity contribution in [3.63, 3.8) is 0 Å². The number of nitrogens with zero attached hydrogens (tertiary/aromatic N) is 3. The second-order valence-electron chi connectivity index (χ2n) is 12.0. The maximum absolute atomic E-state index is 12.4. The molecule has 2 bridgehead atoms. The molecule has 0 saturated carbocycles. The Labute approximate surface area is 266 Å². The summed E-state index contributed by atoms with van der Waals surface area (Å²) in [6, 6.07) is 17.6. The molecule has 3 aliphatic rings. The number of hydrogen-bond acceptors (Lipinski definition) is 10. The van der Waals surface area contributed by atoms with Gasteiger partial charge in [0.1, 0.15) is 35.7 Å². The fourth-order valence-electron chi connectivity index (χ4n) is 5.20. The number of halogens is 1. The molecular formula is C30H44ClN3O9S. The van der Waals surface area contributed by atoms with Crippen molar-refractivity contribution in [2.75, 3.05) is 55.1 Å². The smallest absolute Gasteiger partial charge is 0.414 e. The van der Waals surface area contributed by atoms with Crippen molar-refractivity contribution in [3.05, 3.63) is 60.2 Å². The van der Waals surface area contributed by atoms with E-state index in [1.165, 1.54) is 4.90 Å². The highest BCUT2D eigenvalue weighted by Crippen LogP contribution is 2.48. The molecule has 44 heavy (non-hydrogen) atoms. The summed E-state index contributed by atoms with van der Waals surface area (Å²) >= 11 is 0. The molecule has 0 aromatic heterocycles. The third kappa shape index (κ3) is 10.7. The molecule has 3 fully saturated rings. The number of esters is 1. The van der Waals surface area contributed by atoms with Crippen LogP contribution >= 0.6 is 12.4 Å². The molecule has 12 nitrogen and oxygen atoms in total. The summed E-state index contributed by atoms with van der Waals surface area (Å²) in [6.45, 7) is -0.226. The Balaban J connectivity index is 0.000000272. The maximum atomic E-state index is 12.4. The molecule has 6 atom stereocenters. The molecule has 2 aromatic rings. The van der Waals surface area contributed by atoms with E-state index in [4.69, 9.17) is 27.2 Å². The van der Waals surface area contributed by atoms with Crippen LogP contribution < -0.4 is 9.22 Å². The number of carbonyl (C=O) groups is 2. The number of epoxide rings is 1. The molecule has 5 rings (SSSR count). The van der Waals surface area contributed by atoms with Gasteiger partial charge in [0, 0.05) is 51.3 Å². The lowest BCUT2D eigenvalue weighted by Crippen LogP contribution is -2.48. The van der Waals surface area contributed by atoms with Crippen LogP contribution in [0.2, 0.25) is 0 Å². The van der Waals surface area contributed by atoms with E-state index >= 15 is 0 Å². The van der Waals surface area contributed by atoms with Gasteiger partial charge in [-0.05, 0) is 24.7 Å². The lowest BCUT2D eigenvalue weighted by Gasteiger charge is -2.38. The minimum Gasteiger partial charge on any atom is -0.748 e. The zero-order valence-electron chi connectivity index (χ0n) is 26.2. The van der Waals surface area contributed by atoms with E-state index < -0.39 is 16.0 Å². The highest BCUT2D eigenvalue weighted by Gasteiger charge is 2.62. The van der Waals surface area contributed by atoms with Crippen LogP contribution in [0.4, 0.5) is 10.5 Å². The topological polar surface area (TPSA) is 149 Å². The predicted octanol–water partition coefficient (Wildman–Crippen LogP) is 2.45. The molecule has 0 radical (unpaired) electrons. The van der Waals surface area contributed by atoms with Gasteiger partial charge in [-0.3, -0.25) is 14.2 Å². The van der Waals surface area contributed by atoms with Crippen LogP contribution in [0.25, 0.3) is 0 Å². The van der Waals surface area contributed by atoms with Crippen LogP contribution in [0, 0.1) is 0 Å². The standard InChI is InChI=1S/C17H21NO4.C12H19N2O2.CH4O3S.ClH/c1-18-13-7-11(8-14(18)16-15(13)22-16)21-17(20)12(9-19)10-5-3-2-4-6-10;1-13(2)12(15)16-11-8-6-7-10(9-11)14(3,4)5;1-5(2,3)4;/h2-6,11-16,19H,7-9H2,1H3;6-9H,1-5H3;1H3,(H,2,3,4);1H/q;+1;;/p-1/t11?,12-,13-,14+,15-,16+;;;/m1.../s1. The Morgan fingerprint density at radius 3 is 2.09 bits per heavy atom. The number of carbonyl (C=O) groups excluding carboxylic acids is 2. The summed E-state index contributed by atoms with van der Waals surface area (Å²) in [7, 11) is 7.72. The summed E-state index contributed by atoms with van der Waals surface area (Å²) in [5.74, 6) is -0.342. The fourth-order valence-corrected chi connectivity index (χ4v) is 5.20. The van der Waals surface area contributed by atoms with Crippen LogP contribution in [-0.2, 0) is 24.4 Å². The number of morpholine rings is 1. The number of benzene rings is 2. The SMILES string of the molecule is CN(C)C(=O)Oc1cccc([N+](C)(C)C)c1.CN1[C@@H]2CC(OC(=O)[C@H](CO)c3ccccc3)C[C@H]1[C@@H]1O[C@@H]12.CS(=O)(=O)[O-].Cl. The lowest BCUT2D eigenvalue weighted by atomic mass is 9.97. The maximum Gasteiger partial charge on any atom is 0.414 e. The van der Waals surface area contributed by atoms with E-state index in [0.717, 1.165) is 24.1 Å². The number of quaternary nitrogens is 1. The molecule has 3 aliphatic heterocycles. The van der Waals surface area contributed by atoms with Crippen molar-refractivity contribution in [1.82, 2.24) is 14.3 Å². The van der Waals surface area contributed by atoms with Crippen LogP contribution in [0.15, 0.2) is 54.6 Å². The zero-order chi connectivity index (χ0) is 32.1. The van der Waals surface area contributed by atoms with Crippen molar-refractivity contribution in [3.8, 4) is 5.75 Å². The van der Waals surface area contributed by atoms with E-state index in [1.54, 1.807) is 20.2 Å². The molecule has 2 aromatic carbocycles. The minimum absolute atomic E-state index is 0. The first-order valence-electron chi connectivity index (χ1n) is 13.9. The average molecular weight is 658 g/mol. The van der Waals surface area contributed by atoms with Crippen LogP contribution in [0.5, 0.6) is 5.75 Å². The molecule has 246 valence electrons. The number of hydrogen-bond donors (Lipinski definition) is 1. The molecule has 1 unspecified atom stereocenters. The van der Waals surface area contributed by atoms with E-state index in [0.29, 0.717) is 40.8 Å². The predicted molar refractivity (Wildman–Crippen MR) is 168 cm³/mol. The van der Waals surface area contributed by atoms with Crippen LogP contribution in [0.3, 0.4) is 0 Å². The number of aliphatic hydroxyl groups excluding tert-OH is 1. The first kappa shape index (κ1) is 37.4. The van der Waals surface area contributed by atoms with Gasteiger partial charge in [0.2, 0.25) is 0 Å². The van der Waals surface area contributed by atoms with Crippen molar-refractivity contribution >= 4 is 40.3 Å². The molecule has 1 amide bonds. The van der Waals surface area contributed by atoms with Gasteiger partial charge in [-0.15, -0.1) is 12.4 Å². The normalized spacial score (nSPS) is 24.1. The van der Waals surface area contributed by atoms with Crippen molar-refractivity contribution in [1.29, 1.82) is 0 Å². The fraction of sp³-hybridized carbons (Fsp3) is 0.533. The van der Waals surface area contributed by atoms with Crippen molar-refractivity contribution in [2.45, 2.75) is 49.2 Å². The van der Waals surface area contributed by atoms with Crippen LogP contribution in [0.1, 0.15) is 24.3 Å². The number of piperidine rings is 1. The Kier molecular flexibility index (Phi) is 13.2. The first-order valence-corrected chi connectivity index (χ1v) is 15.8. The first-order chi connectivity index (χ1) is 20.0. The highest BCUT2D eigenvalue weighted by atomic mass is 35.5. The number of aliphatic hydroxyl groups is 1. The van der Waals surface area contributed by atoms with Gasteiger partial charge in [-0.1, -0.05) is 36.4 Å². The van der Waals surface area contributed by atoms with Crippen molar-refractivity contribution in [2.24, 2.45) is 0 Å². The highest BCUT2D eigenvalue weighted by molar-refractivity contribution is 7.84.